The van der Waals surface area contributed by atoms with E-state index in [0.29, 0.717) is 29.9 Å². The van der Waals surface area contributed by atoms with E-state index in [1.54, 1.807) is 6.07 Å². The van der Waals surface area contributed by atoms with Crippen LogP contribution in [0.4, 0.5) is 5.82 Å². The van der Waals surface area contributed by atoms with Crippen molar-refractivity contribution in [1.82, 2.24) is 15.5 Å². The number of benzene rings is 1. The predicted octanol–water partition coefficient (Wildman–Crippen LogP) is 3.17. The fraction of sp³-hybridized carbons (Fsp3) is 0.353. The molecule has 3 rings (SSSR count). The van der Waals surface area contributed by atoms with Gasteiger partial charge in [0, 0.05) is 13.0 Å². The molecule has 6 nitrogen and oxygen atoms in total. The quantitative estimate of drug-likeness (QED) is 0.769. The monoisotopic (exact) mass is 424 g/mol. The molecule has 2 heterocycles. The summed E-state index contributed by atoms with van der Waals surface area (Å²) in [6.45, 7) is 2.99. The lowest BCUT2D eigenvalue weighted by Gasteiger charge is -2.23. The summed E-state index contributed by atoms with van der Waals surface area (Å²) in [5.74, 6) is 0.154. The van der Waals surface area contributed by atoms with E-state index in [4.69, 9.17) is 16.3 Å². The summed E-state index contributed by atoms with van der Waals surface area (Å²) in [6, 6.07) is 11.6. The third-order valence-electron chi connectivity index (χ3n) is 4.14. The number of amides is 1. The number of nitrogens with one attached hydrogen (secondary N) is 2. The van der Waals surface area contributed by atoms with Crippen LogP contribution in [-0.2, 0) is 16.1 Å². The normalized spacial score (nSPS) is 22.8. The van der Waals surface area contributed by atoms with Crippen molar-refractivity contribution in [1.29, 1.82) is 0 Å². The van der Waals surface area contributed by atoms with Gasteiger partial charge in [0.05, 0.1) is 22.7 Å². The van der Waals surface area contributed by atoms with Crippen LogP contribution in [-0.4, -0.2) is 34.3 Å². The van der Waals surface area contributed by atoms with Crippen LogP contribution in [0.1, 0.15) is 18.9 Å². The molecule has 1 saturated heterocycles. The lowest BCUT2D eigenvalue weighted by Crippen LogP contribution is -2.48. The first-order chi connectivity index (χ1) is 12.0. The fourth-order valence-electron chi connectivity index (χ4n) is 2.70. The number of nitrogens with zero attached hydrogens (tertiary/aromatic N) is 2. The van der Waals surface area contributed by atoms with Gasteiger partial charge in [-0.1, -0.05) is 41.9 Å². The van der Waals surface area contributed by atoms with Gasteiger partial charge in [-0.25, -0.2) is 0 Å². The fourth-order valence-corrected chi connectivity index (χ4v) is 3.37. The molecule has 0 radical (unpaired) electrons. The lowest BCUT2D eigenvalue weighted by molar-refractivity contribution is -0.121. The van der Waals surface area contributed by atoms with Gasteiger partial charge in [-0.2, -0.15) is 0 Å². The molecule has 1 aromatic heterocycles. The molecule has 0 saturated carbocycles. The molecule has 2 N–H and O–H groups in total. The van der Waals surface area contributed by atoms with Crippen LogP contribution < -0.4 is 10.6 Å². The van der Waals surface area contributed by atoms with Crippen LogP contribution in [0.25, 0.3) is 0 Å². The highest BCUT2D eigenvalue weighted by Gasteiger charge is 2.41. The third-order valence-corrected chi connectivity index (χ3v) is 4.92. The maximum absolute atomic E-state index is 12.6. The highest BCUT2D eigenvalue weighted by atomic mass is 79.9. The van der Waals surface area contributed by atoms with Crippen molar-refractivity contribution in [2.24, 2.45) is 0 Å². The first-order valence-corrected chi connectivity index (χ1v) is 9.04. The number of hydrogen-bond donors (Lipinski definition) is 2. The number of hydrogen-bond acceptors (Lipinski definition) is 5. The van der Waals surface area contributed by atoms with E-state index in [2.05, 4.69) is 36.8 Å². The molecule has 1 aliphatic heterocycles. The van der Waals surface area contributed by atoms with Crippen molar-refractivity contribution in [3.05, 3.63) is 51.6 Å². The van der Waals surface area contributed by atoms with Crippen LogP contribution in [0, 0.1) is 0 Å². The zero-order valence-corrected chi connectivity index (χ0v) is 16.0. The molecule has 1 fully saturated rings. The summed E-state index contributed by atoms with van der Waals surface area (Å²) < 4.78 is 6.51. The molecule has 1 aromatic carbocycles. The van der Waals surface area contributed by atoms with Crippen molar-refractivity contribution in [3.8, 4) is 0 Å². The van der Waals surface area contributed by atoms with Gasteiger partial charge >= 0.3 is 0 Å². The Bertz CT molecular complexity index is 762. The summed E-state index contributed by atoms with van der Waals surface area (Å²) in [7, 11) is 0. The molecule has 0 unspecified atom stereocenters. The summed E-state index contributed by atoms with van der Waals surface area (Å²) in [5.41, 5.74) is 0.378. The molecule has 0 aliphatic carbocycles. The Kier molecular flexibility index (Phi) is 5.68. The van der Waals surface area contributed by atoms with Crippen molar-refractivity contribution in [2.45, 2.75) is 31.6 Å². The predicted molar refractivity (Wildman–Crippen MR) is 99.4 cm³/mol. The molecular formula is C17H18BrClN4O2. The van der Waals surface area contributed by atoms with Crippen LogP contribution >= 0.6 is 27.5 Å². The average molecular weight is 426 g/mol. The van der Waals surface area contributed by atoms with E-state index in [-0.39, 0.29) is 17.2 Å². The Hall–Kier alpha value is -1.54. The number of ether oxygens (including phenoxy) is 1. The van der Waals surface area contributed by atoms with Gasteiger partial charge in [0.2, 0.25) is 5.91 Å². The second-order valence-electron chi connectivity index (χ2n) is 6.15. The summed E-state index contributed by atoms with van der Waals surface area (Å²) >= 11 is 9.08. The highest BCUT2D eigenvalue weighted by Crippen LogP contribution is 2.26. The topological polar surface area (TPSA) is 76.1 Å². The second-order valence-corrected chi connectivity index (χ2v) is 7.40. The maximum atomic E-state index is 12.6. The third kappa shape index (κ3) is 4.55. The highest BCUT2D eigenvalue weighted by molar-refractivity contribution is 9.10. The van der Waals surface area contributed by atoms with Gasteiger partial charge in [0.25, 0.3) is 0 Å². The van der Waals surface area contributed by atoms with E-state index in [1.807, 2.05) is 37.3 Å². The van der Waals surface area contributed by atoms with Crippen molar-refractivity contribution < 1.29 is 9.53 Å². The van der Waals surface area contributed by atoms with Gasteiger partial charge in [0.1, 0.15) is 0 Å². The Morgan fingerprint density at radius 1 is 1.44 bits per heavy atom. The Labute approximate surface area is 159 Å². The van der Waals surface area contributed by atoms with Gasteiger partial charge in [0.15, 0.2) is 11.0 Å². The van der Waals surface area contributed by atoms with E-state index in [1.165, 1.54) is 0 Å². The SMILES string of the molecule is C[C@]1(C(=O)Nc2nnc(Cl)cc2Br)C[C@H](OCc2ccccc2)CN1. The van der Waals surface area contributed by atoms with E-state index >= 15 is 0 Å². The van der Waals surface area contributed by atoms with E-state index in [0.717, 1.165) is 5.56 Å². The molecule has 2 aromatic rings. The average Bonchev–Trinajstić information content (AvgIpc) is 2.99. The minimum atomic E-state index is -0.734. The lowest BCUT2D eigenvalue weighted by atomic mass is 9.98. The van der Waals surface area contributed by atoms with Crippen LogP contribution in [0.2, 0.25) is 5.15 Å². The van der Waals surface area contributed by atoms with Gasteiger partial charge in [-0.05, 0) is 34.5 Å². The minimum Gasteiger partial charge on any atom is -0.372 e. The van der Waals surface area contributed by atoms with Crippen molar-refractivity contribution in [3.63, 3.8) is 0 Å². The smallest absolute Gasteiger partial charge is 0.245 e. The van der Waals surface area contributed by atoms with E-state index in [9.17, 15) is 4.79 Å². The molecule has 0 spiro atoms. The van der Waals surface area contributed by atoms with Crippen LogP contribution in [0.15, 0.2) is 40.9 Å². The Morgan fingerprint density at radius 2 is 2.20 bits per heavy atom. The number of halogens is 2. The largest absolute Gasteiger partial charge is 0.372 e. The molecular weight excluding hydrogens is 408 g/mol. The van der Waals surface area contributed by atoms with Crippen LogP contribution in [0.5, 0.6) is 0 Å². The first-order valence-electron chi connectivity index (χ1n) is 7.87. The second kappa shape index (κ2) is 7.78. The molecule has 0 bridgehead atoms. The number of carbonyl (C=O) groups is 1. The molecule has 1 aliphatic rings. The molecule has 1 amide bonds. The van der Waals surface area contributed by atoms with Crippen molar-refractivity contribution in [2.75, 3.05) is 11.9 Å². The number of anilines is 1. The van der Waals surface area contributed by atoms with Crippen LogP contribution in [0.3, 0.4) is 0 Å². The zero-order valence-electron chi connectivity index (χ0n) is 13.6. The maximum Gasteiger partial charge on any atom is 0.245 e. The van der Waals surface area contributed by atoms with Gasteiger partial charge < -0.3 is 15.4 Å². The summed E-state index contributed by atoms with van der Waals surface area (Å²) in [4.78, 5) is 12.6. The van der Waals surface area contributed by atoms with Gasteiger partial charge in [-0.3, -0.25) is 4.79 Å². The number of rotatable bonds is 5. The van der Waals surface area contributed by atoms with Crippen molar-refractivity contribution >= 4 is 39.3 Å². The Balaban J connectivity index is 1.57. The Morgan fingerprint density at radius 3 is 2.92 bits per heavy atom. The standard InChI is InChI=1S/C17H18BrClN4O2/c1-17(16(24)21-15-13(18)7-14(19)22-23-15)8-12(9-20-17)25-10-11-5-3-2-4-6-11/h2-7,12,20H,8-10H2,1H3,(H,21,23,24)/t12-,17+/m0/s1. The van der Waals surface area contributed by atoms with E-state index < -0.39 is 5.54 Å². The number of aromatic nitrogens is 2. The van der Waals surface area contributed by atoms with Gasteiger partial charge in [-0.15, -0.1) is 10.2 Å². The molecule has 132 valence electrons. The summed E-state index contributed by atoms with van der Waals surface area (Å²) in [6.07, 6.45) is 0.542. The molecule has 8 heteroatoms. The number of carbonyl (C=O) groups excluding carboxylic acids is 1. The summed E-state index contributed by atoms with van der Waals surface area (Å²) in [5, 5.41) is 13.9. The minimum absolute atomic E-state index is 0.0318. The molecule has 2 atom stereocenters. The molecule has 25 heavy (non-hydrogen) atoms. The first kappa shape index (κ1) is 18.3. The zero-order chi connectivity index (χ0) is 17.9.